The highest BCUT2D eigenvalue weighted by molar-refractivity contribution is 6.30. The first kappa shape index (κ1) is 19.4. The van der Waals surface area contributed by atoms with Gasteiger partial charge in [-0.1, -0.05) is 35.9 Å². The predicted molar refractivity (Wildman–Crippen MR) is 99.0 cm³/mol. The molecular formula is C20H23ClFNO2. The molecular weight excluding hydrogens is 341 g/mol. The molecule has 2 rings (SSSR count). The first-order valence-electron chi connectivity index (χ1n) is 8.34. The maximum absolute atomic E-state index is 13.9. The lowest BCUT2D eigenvalue weighted by Crippen LogP contribution is -2.46. The molecule has 2 N–H and O–H groups in total. The van der Waals surface area contributed by atoms with Gasteiger partial charge in [0.1, 0.15) is 11.4 Å². The lowest BCUT2D eigenvalue weighted by atomic mass is 9.94. The molecule has 2 aromatic rings. The lowest BCUT2D eigenvalue weighted by molar-refractivity contribution is -0.149. The first-order chi connectivity index (χ1) is 11.8. The topological polar surface area (TPSA) is 52.3 Å². The number of hydrogen-bond donors (Lipinski definition) is 1. The van der Waals surface area contributed by atoms with E-state index in [2.05, 4.69) is 0 Å². The highest BCUT2D eigenvalue weighted by Gasteiger charge is 2.29. The number of hydrogen-bond acceptors (Lipinski definition) is 3. The van der Waals surface area contributed by atoms with Crippen molar-refractivity contribution in [3.8, 4) is 11.1 Å². The van der Waals surface area contributed by atoms with E-state index >= 15 is 0 Å². The highest BCUT2D eigenvalue weighted by atomic mass is 35.5. The molecule has 0 aliphatic carbocycles. The third-order valence-electron chi connectivity index (χ3n) is 4.10. The van der Waals surface area contributed by atoms with E-state index < -0.39 is 5.54 Å². The van der Waals surface area contributed by atoms with Crippen LogP contribution in [0.5, 0.6) is 0 Å². The fourth-order valence-electron chi connectivity index (χ4n) is 2.63. The molecule has 0 bridgehead atoms. The second kappa shape index (κ2) is 8.45. The molecule has 25 heavy (non-hydrogen) atoms. The van der Waals surface area contributed by atoms with Crippen molar-refractivity contribution < 1.29 is 13.9 Å². The van der Waals surface area contributed by atoms with Gasteiger partial charge in [-0.25, -0.2) is 4.39 Å². The summed E-state index contributed by atoms with van der Waals surface area (Å²) in [5.41, 5.74) is 7.40. The summed E-state index contributed by atoms with van der Waals surface area (Å²) in [5, 5.41) is 0.502. The van der Waals surface area contributed by atoms with Gasteiger partial charge in [-0.15, -0.1) is 0 Å². The van der Waals surface area contributed by atoms with Crippen molar-refractivity contribution in [2.75, 3.05) is 6.61 Å². The molecule has 134 valence electrons. The van der Waals surface area contributed by atoms with E-state index in [1.54, 1.807) is 19.9 Å². The number of esters is 1. The van der Waals surface area contributed by atoms with E-state index in [4.69, 9.17) is 22.1 Å². The van der Waals surface area contributed by atoms with Crippen molar-refractivity contribution >= 4 is 17.6 Å². The largest absolute Gasteiger partial charge is 0.465 e. The van der Waals surface area contributed by atoms with Crippen molar-refractivity contribution in [1.82, 2.24) is 0 Å². The van der Waals surface area contributed by atoms with E-state index in [0.717, 1.165) is 24.0 Å². The number of benzene rings is 2. The molecule has 0 saturated heterocycles. The zero-order chi connectivity index (χ0) is 18.4. The normalized spacial score (nSPS) is 13.3. The van der Waals surface area contributed by atoms with E-state index in [0.29, 0.717) is 23.6 Å². The molecule has 0 amide bonds. The molecule has 1 atom stereocenters. The maximum atomic E-state index is 13.9. The second-order valence-corrected chi connectivity index (χ2v) is 6.75. The van der Waals surface area contributed by atoms with Crippen LogP contribution < -0.4 is 5.73 Å². The van der Waals surface area contributed by atoms with Crippen LogP contribution in [-0.2, 0) is 16.0 Å². The highest BCUT2D eigenvalue weighted by Crippen LogP contribution is 2.26. The van der Waals surface area contributed by atoms with Crippen LogP contribution in [0.25, 0.3) is 11.1 Å². The van der Waals surface area contributed by atoms with E-state index in [1.165, 1.54) is 12.1 Å². The molecule has 0 saturated carbocycles. The number of carbonyl (C=O) groups excluding carboxylic acids is 1. The van der Waals surface area contributed by atoms with Crippen molar-refractivity contribution in [2.45, 2.75) is 38.6 Å². The van der Waals surface area contributed by atoms with Gasteiger partial charge in [0.15, 0.2) is 0 Å². The monoisotopic (exact) mass is 363 g/mol. The van der Waals surface area contributed by atoms with Crippen LogP contribution in [0.2, 0.25) is 5.02 Å². The van der Waals surface area contributed by atoms with Gasteiger partial charge in [-0.2, -0.15) is 0 Å². The zero-order valence-corrected chi connectivity index (χ0v) is 15.3. The molecule has 0 unspecified atom stereocenters. The number of nitrogens with two attached hydrogens (primary N) is 1. The summed E-state index contributed by atoms with van der Waals surface area (Å²) in [6, 6.07) is 12.2. The molecule has 0 aromatic heterocycles. The average Bonchev–Trinajstić information content (AvgIpc) is 2.58. The summed E-state index contributed by atoms with van der Waals surface area (Å²) >= 11 is 5.94. The fourth-order valence-corrected chi connectivity index (χ4v) is 2.80. The minimum Gasteiger partial charge on any atom is -0.465 e. The molecule has 0 heterocycles. The molecule has 5 heteroatoms. The van der Waals surface area contributed by atoms with Crippen molar-refractivity contribution in [2.24, 2.45) is 5.73 Å². The molecule has 0 fully saturated rings. The zero-order valence-electron chi connectivity index (χ0n) is 14.5. The van der Waals surface area contributed by atoms with E-state index in [1.807, 2.05) is 24.3 Å². The first-order valence-corrected chi connectivity index (χ1v) is 8.72. The Morgan fingerprint density at radius 3 is 2.56 bits per heavy atom. The molecule has 0 spiro atoms. The van der Waals surface area contributed by atoms with Crippen LogP contribution in [0.15, 0.2) is 42.5 Å². The Hall–Kier alpha value is -1.91. The van der Waals surface area contributed by atoms with Gasteiger partial charge in [0.2, 0.25) is 0 Å². The molecule has 0 aliphatic heterocycles. The van der Waals surface area contributed by atoms with Crippen molar-refractivity contribution in [3.05, 3.63) is 58.9 Å². The Morgan fingerprint density at radius 2 is 1.92 bits per heavy atom. The summed E-state index contributed by atoms with van der Waals surface area (Å²) in [6.07, 6.45) is 2.08. The Kier molecular flexibility index (Phi) is 6.57. The smallest absolute Gasteiger partial charge is 0.325 e. The van der Waals surface area contributed by atoms with Crippen molar-refractivity contribution in [3.63, 3.8) is 0 Å². The maximum Gasteiger partial charge on any atom is 0.325 e. The summed E-state index contributed by atoms with van der Waals surface area (Å²) in [7, 11) is 0. The molecule has 2 aromatic carbocycles. The average molecular weight is 364 g/mol. The number of halogens is 2. The minimum absolute atomic E-state index is 0.300. The van der Waals surface area contributed by atoms with Crippen LogP contribution in [0.1, 0.15) is 32.3 Å². The third kappa shape index (κ3) is 5.28. The minimum atomic E-state index is -0.972. The van der Waals surface area contributed by atoms with Crippen LogP contribution in [-0.4, -0.2) is 18.1 Å². The SMILES string of the molecule is CCOC(=O)[C@@](C)(N)CCCc1ccc(-c2cc(Cl)ccc2F)cc1. The van der Waals surface area contributed by atoms with Crippen molar-refractivity contribution in [1.29, 1.82) is 0 Å². The van der Waals surface area contributed by atoms with Crippen LogP contribution in [0, 0.1) is 5.82 Å². The Labute approximate surface area is 152 Å². The predicted octanol–water partition coefficient (Wildman–Crippen LogP) is 4.75. The molecule has 0 aliphatic rings. The number of aryl methyl sites for hydroxylation is 1. The molecule has 3 nitrogen and oxygen atoms in total. The van der Waals surface area contributed by atoms with Gasteiger partial charge < -0.3 is 10.5 Å². The van der Waals surface area contributed by atoms with E-state index in [-0.39, 0.29) is 11.8 Å². The van der Waals surface area contributed by atoms with Gasteiger partial charge in [0, 0.05) is 10.6 Å². The number of rotatable bonds is 7. The van der Waals surface area contributed by atoms with Gasteiger partial charge in [0.25, 0.3) is 0 Å². The second-order valence-electron chi connectivity index (χ2n) is 6.31. The summed E-state index contributed by atoms with van der Waals surface area (Å²) in [5.74, 6) is -0.674. The Morgan fingerprint density at radius 1 is 1.24 bits per heavy atom. The Bertz CT molecular complexity index is 729. The van der Waals surface area contributed by atoms with Gasteiger partial charge >= 0.3 is 5.97 Å². The Balaban J connectivity index is 1.97. The van der Waals surface area contributed by atoms with Crippen LogP contribution in [0.4, 0.5) is 4.39 Å². The quantitative estimate of drug-likeness (QED) is 0.722. The number of ether oxygens (including phenoxy) is 1. The van der Waals surface area contributed by atoms with Crippen LogP contribution >= 0.6 is 11.6 Å². The van der Waals surface area contributed by atoms with E-state index in [9.17, 15) is 9.18 Å². The summed E-state index contributed by atoms with van der Waals surface area (Å²) < 4.78 is 18.9. The third-order valence-corrected chi connectivity index (χ3v) is 4.33. The van der Waals surface area contributed by atoms with Gasteiger partial charge in [-0.3, -0.25) is 4.79 Å². The van der Waals surface area contributed by atoms with Gasteiger partial charge in [-0.05, 0) is 62.4 Å². The summed E-state index contributed by atoms with van der Waals surface area (Å²) in [4.78, 5) is 11.8. The standard InChI is InChI=1S/C20H23ClFNO2/c1-3-25-19(24)20(2,23)12-4-5-14-6-8-15(9-7-14)17-13-16(21)10-11-18(17)22/h6-11,13H,3-5,12,23H2,1-2H3/t20-/m0/s1. The summed E-state index contributed by atoms with van der Waals surface area (Å²) in [6.45, 7) is 3.78. The lowest BCUT2D eigenvalue weighted by Gasteiger charge is -2.22. The fraction of sp³-hybridized carbons (Fsp3) is 0.350. The number of carbonyl (C=O) groups is 1. The molecule has 0 radical (unpaired) electrons. The van der Waals surface area contributed by atoms with Gasteiger partial charge in [0.05, 0.1) is 6.61 Å². The van der Waals surface area contributed by atoms with Crippen LogP contribution in [0.3, 0.4) is 0 Å².